The van der Waals surface area contributed by atoms with Gasteiger partial charge in [0.25, 0.3) is 0 Å². The van der Waals surface area contributed by atoms with Crippen LogP contribution in [-0.2, 0) is 4.79 Å². The fourth-order valence-electron chi connectivity index (χ4n) is 1.43. The molecule has 5 nitrogen and oxygen atoms in total. The molecular formula is C13H18N2O3. The first-order chi connectivity index (χ1) is 8.32. The van der Waals surface area contributed by atoms with Crippen LogP contribution in [0, 0.1) is 12.8 Å². The van der Waals surface area contributed by atoms with Gasteiger partial charge in [-0.2, -0.15) is 0 Å². The van der Waals surface area contributed by atoms with E-state index in [0.29, 0.717) is 5.69 Å². The molecule has 2 unspecified atom stereocenters. The van der Waals surface area contributed by atoms with Gasteiger partial charge in [-0.1, -0.05) is 18.6 Å². The van der Waals surface area contributed by atoms with E-state index in [0.717, 1.165) is 5.56 Å². The van der Waals surface area contributed by atoms with Gasteiger partial charge in [0, 0.05) is 6.04 Å². The zero-order valence-electron chi connectivity index (χ0n) is 10.7. The van der Waals surface area contributed by atoms with E-state index in [9.17, 15) is 9.59 Å². The van der Waals surface area contributed by atoms with Crippen molar-refractivity contribution in [2.24, 2.45) is 11.7 Å². The van der Waals surface area contributed by atoms with Gasteiger partial charge in [-0.05, 0) is 26.0 Å². The average Bonchev–Trinajstić information content (AvgIpc) is 2.29. The fourth-order valence-corrected chi connectivity index (χ4v) is 1.43. The monoisotopic (exact) mass is 250 g/mol. The Bertz CT molecular complexity index is 469. The summed E-state index contributed by atoms with van der Waals surface area (Å²) < 4.78 is 0. The maximum absolute atomic E-state index is 11.8. The van der Waals surface area contributed by atoms with Gasteiger partial charge in [-0.3, -0.25) is 4.79 Å². The van der Waals surface area contributed by atoms with Gasteiger partial charge in [0.1, 0.15) is 0 Å². The topological polar surface area (TPSA) is 92.4 Å². The molecule has 4 N–H and O–H groups in total. The SMILES string of the molecule is Cc1ccc(NC(=O)C(C)C(C)N)c(C(=O)O)c1. The van der Waals surface area contributed by atoms with Crippen molar-refractivity contribution >= 4 is 17.6 Å². The van der Waals surface area contributed by atoms with Crippen molar-refractivity contribution in [3.8, 4) is 0 Å². The van der Waals surface area contributed by atoms with Gasteiger partial charge >= 0.3 is 5.97 Å². The van der Waals surface area contributed by atoms with Crippen LogP contribution in [0.2, 0.25) is 0 Å². The van der Waals surface area contributed by atoms with E-state index in [-0.39, 0.29) is 23.4 Å². The zero-order chi connectivity index (χ0) is 13.9. The van der Waals surface area contributed by atoms with Crippen LogP contribution in [0.4, 0.5) is 5.69 Å². The first-order valence-electron chi connectivity index (χ1n) is 5.73. The van der Waals surface area contributed by atoms with Crippen molar-refractivity contribution in [2.45, 2.75) is 26.8 Å². The Hall–Kier alpha value is -1.88. The molecular weight excluding hydrogens is 232 g/mol. The predicted octanol–water partition coefficient (Wildman–Crippen LogP) is 1.62. The summed E-state index contributed by atoms with van der Waals surface area (Å²) in [5.74, 6) is -1.73. The number of carbonyl (C=O) groups excluding carboxylic acids is 1. The number of aryl methyl sites for hydroxylation is 1. The predicted molar refractivity (Wildman–Crippen MR) is 69.6 cm³/mol. The minimum atomic E-state index is -1.07. The van der Waals surface area contributed by atoms with Gasteiger partial charge in [-0.15, -0.1) is 0 Å². The summed E-state index contributed by atoms with van der Waals surface area (Å²) >= 11 is 0. The van der Waals surface area contributed by atoms with Gasteiger partial charge in [0.15, 0.2) is 0 Å². The van der Waals surface area contributed by atoms with Crippen LogP contribution in [0.5, 0.6) is 0 Å². The zero-order valence-corrected chi connectivity index (χ0v) is 10.7. The van der Waals surface area contributed by atoms with E-state index in [4.69, 9.17) is 10.8 Å². The van der Waals surface area contributed by atoms with Gasteiger partial charge in [0.05, 0.1) is 17.2 Å². The highest BCUT2D eigenvalue weighted by atomic mass is 16.4. The Morgan fingerprint density at radius 1 is 1.33 bits per heavy atom. The lowest BCUT2D eigenvalue weighted by Crippen LogP contribution is -2.34. The number of hydrogen-bond donors (Lipinski definition) is 3. The average molecular weight is 250 g/mol. The van der Waals surface area contributed by atoms with Crippen molar-refractivity contribution in [3.05, 3.63) is 29.3 Å². The van der Waals surface area contributed by atoms with E-state index in [1.807, 2.05) is 0 Å². The first-order valence-corrected chi connectivity index (χ1v) is 5.73. The molecule has 0 heterocycles. The number of hydrogen-bond acceptors (Lipinski definition) is 3. The van der Waals surface area contributed by atoms with Crippen LogP contribution in [0.25, 0.3) is 0 Å². The fraction of sp³-hybridized carbons (Fsp3) is 0.385. The molecule has 1 aromatic rings. The quantitative estimate of drug-likeness (QED) is 0.757. The van der Waals surface area contributed by atoms with E-state index in [1.54, 1.807) is 32.9 Å². The summed E-state index contributed by atoms with van der Waals surface area (Å²) in [6.45, 7) is 5.23. The molecule has 0 saturated carbocycles. The minimum Gasteiger partial charge on any atom is -0.478 e. The molecule has 0 fully saturated rings. The largest absolute Gasteiger partial charge is 0.478 e. The lowest BCUT2D eigenvalue weighted by atomic mass is 10.0. The van der Waals surface area contributed by atoms with Crippen molar-refractivity contribution in [3.63, 3.8) is 0 Å². The molecule has 1 rings (SSSR count). The van der Waals surface area contributed by atoms with Crippen LogP contribution >= 0.6 is 0 Å². The number of anilines is 1. The Balaban J connectivity index is 2.98. The summed E-state index contributed by atoms with van der Waals surface area (Å²) in [6.07, 6.45) is 0. The van der Waals surface area contributed by atoms with Crippen LogP contribution in [0.1, 0.15) is 29.8 Å². The van der Waals surface area contributed by atoms with Crippen LogP contribution in [0.15, 0.2) is 18.2 Å². The Morgan fingerprint density at radius 3 is 2.44 bits per heavy atom. The summed E-state index contributed by atoms with van der Waals surface area (Å²) in [4.78, 5) is 22.9. The maximum Gasteiger partial charge on any atom is 0.337 e. The third-order valence-corrected chi connectivity index (χ3v) is 2.87. The first kappa shape index (κ1) is 14.2. The Kier molecular flexibility index (Phi) is 4.44. The number of nitrogens with one attached hydrogen (secondary N) is 1. The molecule has 0 saturated heterocycles. The second kappa shape index (κ2) is 5.64. The van der Waals surface area contributed by atoms with E-state index >= 15 is 0 Å². The number of rotatable bonds is 4. The summed E-state index contributed by atoms with van der Waals surface area (Å²) in [5.41, 5.74) is 6.84. The molecule has 0 spiro atoms. The molecule has 18 heavy (non-hydrogen) atoms. The van der Waals surface area contributed by atoms with Crippen molar-refractivity contribution in [1.29, 1.82) is 0 Å². The van der Waals surface area contributed by atoms with Crippen molar-refractivity contribution < 1.29 is 14.7 Å². The van der Waals surface area contributed by atoms with Gasteiger partial charge < -0.3 is 16.2 Å². The lowest BCUT2D eigenvalue weighted by molar-refractivity contribution is -0.119. The molecule has 0 aliphatic carbocycles. The molecule has 0 aromatic heterocycles. The van der Waals surface area contributed by atoms with Crippen LogP contribution in [0.3, 0.4) is 0 Å². The Morgan fingerprint density at radius 2 is 1.94 bits per heavy atom. The number of carboxylic acid groups (broad SMARTS) is 1. The van der Waals surface area contributed by atoms with Gasteiger partial charge in [-0.25, -0.2) is 4.79 Å². The highest BCUT2D eigenvalue weighted by Gasteiger charge is 2.19. The van der Waals surface area contributed by atoms with Crippen molar-refractivity contribution in [2.75, 3.05) is 5.32 Å². The molecule has 1 amide bonds. The molecule has 0 aliphatic heterocycles. The second-order valence-corrected chi connectivity index (χ2v) is 4.49. The van der Waals surface area contributed by atoms with Crippen molar-refractivity contribution in [1.82, 2.24) is 0 Å². The van der Waals surface area contributed by atoms with E-state index in [2.05, 4.69) is 5.32 Å². The molecule has 1 aromatic carbocycles. The number of amides is 1. The normalized spacial score (nSPS) is 13.8. The van der Waals surface area contributed by atoms with Crippen LogP contribution < -0.4 is 11.1 Å². The second-order valence-electron chi connectivity index (χ2n) is 4.49. The third-order valence-electron chi connectivity index (χ3n) is 2.87. The van der Waals surface area contributed by atoms with E-state index < -0.39 is 5.97 Å². The Labute approximate surface area is 106 Å². The molecule has 0 radical (unpaired) electrons. The summed E-state index contributed by atoms with van der Waals surface area (Å²) in [7, 11) is 0. The molecule has 0 aliphatic rings. The van der Waals surface area contributed by atoms with Gasteiger partial charge in [0.2, 0.25) is 5.91 Å². The highest BCUT2D eigenvalue weighted by Crippen LogP contribution is 2.18. The molecule has 98 valence electrons. The highest BCUT2D eigenvalue weighted by molar-refractivity contribution is 6.01. The van der Waals surface area contributed by atoms with Crippen LogP contribution in [-0.4, -0.2) is 23.0 Å². The number of carboxylic acids is 1. The summed E-state index contributed by atoms with van der Waals surface area (Å²) in [5, 5.41) is 11.7. The smallest absolute Gasteiger partial charge is 0.337 e. The third kappa shape index (κ3) is 3.30. The number of aromatic carboxylic acids is 1. The standard InChI is InChI=1S/C13H18N2O3/c1-7-4-5-11(10(6-7)13(17)18)15-12(16)8(2)9(3)14/h4-6,8-9H,14H2,1-3H3,(H,15,16)(H,17,18). The number of benzene rings is 1. The molecule has 0 bridgehead atoms. The van der Waals surface area contributed by atoms with E-state index in [1.165, 1.54) is 6.07 Å². The number of carbonyl (C=O) groups is 2. The summed E-state index contributed by atoms with van der Waals surface area (Å²) in [6, 6.07) is 4.57. The lowest BCUT2D eigenvalue weighted by Gasteiger charge is -2.16. The molecule has 5 heteroatoms. The minimum absolute atomic E-state index is 0.0835. The molecule has 2 atom stereocenters. The maximum atomic E-state index is 11.8. The number of nitrogens with two attached hydrogens (primary N) is 1.